The van der Waals surface area contributed by atoms with Crippen LogP contribution in [-0.4, -0.2) is 53.5 Å². The first-order valence-corrected chi connectivity index (χ1v) is 4.96. The molecule has 6 nitrogen and oxygen atoms in total. The van der Waals surface area contributed by atoms with Crippen molar-refractivity contribution in [1.29, 1.82) is 0 Å². The summed E-state index contributed by atoms with van der Waals surface area (Å²) in [6.45, 7) is 4.74. The summed E-state index contributed by atoms with van der Waals surface area (Å²) in [7, 11) is 0. The lowest BCUT2D eigenvalue weighted by Gasteiger charge is -2.26. The zero-order valence-corrected chi connectivity index (χ0v) is 8.88. The Morgan fingerprint density at radius 1 is 1.56 bits per heavy atom. The third-order valence-electron chi connectivity index (χ3n) is 2.67. The molecular formula is C10H14O6. The van der Waals surface area contributed by atoms with Gasteiger partial charge in [0.2, 0.25) is 0 Å². The quantitative estimate of drug-likeness (QED) is 0.358. The summed E-state index contributed by atoms with van der Waals surface area (Å²) in [5.41, 5.74) is 0.176. The van der Waals surface area contributed by atoms with Crippen LogP contribution in [0, 0.1) is 0 Å². The molecule has 0 aliphatic carbocycles. The van der Waals surface area contributed by atoms with Crippen LogP contribution in [0.3, 0.4) is 0 Å². The number of hydrogen-bond donors (Lipinski definition) is 2. The second kappa shape index (κ2) is 3.81. The molecule has 0 saturated carbocycles. The third-order valence-corrected chi connectivity index (χ3v) is 2.67. The minimum Gasteiger partial charge on any atom is -0.424 e. The van der Waals surface area contributed by atoms with E-state index in [4.69, 9.17) is 14.2 Å². The van der Waals surface area contributed by atoms with Crippen LogP contribution < -0.4 is 0 Å². The molecule has 0 aromatic carbocycles. The molecule has 2 heterocycles. The van der Waals surface area contributed by atoms with Crippen molar-refractivity contribution >= 4 is 5.97 Å². The molecule has 0 aromatic rings. The summed E-state index contributed by atoms with van der Waals surface area (Å²) in [6.07, 6.45) is -2.30. The minimum absolute atomic E-state index is 0.0578. The van der Waals surface area contributed by atoms with E-state index < -0.39 is 30.1 Å². The maximum atomic E-state index is 11.3. The molecule has 2 aliphatic heterocycles. The summed E-state index contributed by atoms with van der Waals surface area (Å²) < 4.78 is 15.2. The third kappa shape index (κ3) is 1.73. The van der Waals surface area contributed by atoms with E-state index >= 15 is 0 Å². The SMILES string of the molecule is C=C(C)C(=O)O[C@@]1(O)CO[C@@H]2[C@H](O)CO[C@@H]21. The summed E-state index contributed by atoms with van der Waals surface area (Å²) in [5.74, 6) is -2.55. The van der Waals surface area contributed by atoms with Crippen LogP contribution in [0.1, 0.15) is 6.92 Å². The van der Waals surface area contributed by atoms with Gasteiger partial charge in [-0.1, -0.05) is 6.58 Å². The molecule has 0 amide bonds. The lowest BCUT2D eigenvalue weighted by Crippen LogP contribution is -2.47. The Bertz CT molecular complexity index is 327. The largest absolute Gasteiger partial charge is 0.424 e. The number of ether oxygens (including phenoxy) is 3. The molecule has 2 N–H and O–H groups in total. The first-order chi connectivity index (χ1) is 7.44. The molecule has 2 saturated heterocycles. The van der Waals surface area contributed by atoms with Crippen molar-refractivity contribution in [1.82, 2.24) is 0 Å². The van der Waals surface area contributed by atoms with Crippen molar-refractivity contribution in [2.45, 2.75) is 31.0 Å². The van der Waals surface area contributed by atoms with Crippen molar-refractivity contribution in [2.75, 3.05) is 13.2 Å². The fraction of sp³-hybridized carbons (Fsp3) is 0.700. The van der Waals surface area contributed by atoms with Crippen molar-refractivity contribution < 1.29 is 29.2 Å². The van der Waals surface area contributed by atoms with Crippen LogP contribution in [0.2, 0.25) is 0 Å². The Morgan fingerprint density at radius 2 is 2.25 bits per heavy atom. The smallest absolute Gasteiger partial charge is 0.335 e. The van der Waals surface area contributed by atoms with Gasteiger partial charge in [-0.3, -0.25) is 0 Å². The van der Waals surface area contributed by atoms with Crippen molar-refractivity contribution in [3.05, 3.63) is 12.2 Å². The van der Waals surface area contributed by atoms with E-state index in [2.05, 4.69) is 6.58 Å². The number of esters is 1. The van der Waals surface area contributed by atoms with Crippen molar-refractivity contribution in [2.24, 2.45) is 0 Å². The summed E-state index contributed by atoms with van der Waals surface area (Å²) in [5, 5.41) is 19.5. The maximum Gasteiger partial charge on any atom is 0.335 e. The average Bonchev–Trinajstić information content (AvgIpc) is 2.71. The van der Waals surface area contributed by atoms with E-state index in [1.807, 2.05) is 0 Å². The highest BCUT2D eigenvalue weighted by Gasteiger charge is 2.58. The second-order valence-electron chi connectivity index (χ2n) is 4.11. The van der Waals surface area contributed by atoms with Crippen LogP contribution in [0.5, 0.6) is 0 Å². The van der Waals surface area contributed by atoms with Gasteiger partial charge in [-0.2, -0.15) is 0 Å². The van der Waals surface area contributed by atoms with E-state index in [1.165, 1.54) is 6.92 Å². The molecule has 0 radical (unpaired) electrons. The van der Waals surface area contributed by atoms with E-state index in [1.54, 1.807) is 0 Å². The number of rotatable bonds is 2. The molecule has 2 aliphatic rings. The Kier molecular flexibility index (Phi) is 2.75. The van der Waals surface area contributed by atoms with Gasteiger partial charge in [-0.15, -0.1) is 0 Å². The predicted molar refractivity (Wildman–Crippen MR) is 51.3 cm³/mol. The zero-order chi connectivity index (χ0) is 11.9. The molecule has 6 heteroatoms. The molecule has 0 spiro atoms. The van der Waals surface area contributed by atoms with E-state index in [-0.39, 0.29) is 18.8 Å². The maximum absolute atomic E-state index is 11.3. The number of carbonyl (C=O) groups excluding carboxylic acids is 1. The first-order valence-electron chi connectivity index (χ1n) is 4.96. The fourth-order valence-electron chi connectivity index (χ4n) is 1.81. The highest BCUT2D eigenvalue weighted by molar-refractivity contribution is 5.87. The highest BCUT2D eigenvalue weighted by atomic mass is 16.7. The van der Waals surface area contributed by atoms with Crippen molar-refractivity contribution in [3.63, 3.8) is 0 Å². The summed E-state index contributed by atoms with van der Waals surface area (Å²) in [6, 6.07) is 0. The van der Waals surface area contributed by atoms with Gasteiger partial charge in [0, 0.05) is 5.57 Å². The van der Waals surface area contributed by atoms with Gasteiger partial charge in [0.25, 0.3) is 5.79 Å². The molecule has 0 unspecified atom stereocenters. The molecule has 2 fully saturated rings. The summed E-state index contributed by atoms with van der Waals surface area (Å²) >= 11 is 0. The normalized spacial score (nSPS) is 41.8. The Balaban J connectivity index is 2.09. The standard InChI is InChI=1S/C10H14O6/c1-5(2)9(12)16-10(13)4-15-7-6(11)3-14-8(7)10/h6-8,11,13H,1,3-4H2,2H3/t6-,7-,8+,10+/m1/s1. The first kappa shape index (κ1) is 11.5. The lowest BCUT2D eigenvalue weighted by atomic mass is 10.1. The molecule has 4 atom stereocenters. The molecule has 16 heavy (non-hydrogen) atoms. The van der Waals surface area contributed by atoms with Crippen LogP contribution in [0.25, 0.3) is 0 Å². The van der Waals surface area contributed by atoms with E-state index in [9.17, 15) is 15.0 Å². The lowest BCUT2D eigenvalue weighted by molar-refractivity contribution is -0.234. The predicted octanol–water partition coefficient (Wildman–Crippen LogP) is -1.05. The van der Waals surface area contributed by atoms with Crippen LogP contribution in [-0.2, 0) is 19.0 Å². The highest BCUT2D eigenvalue weighted by Crippen LogP contribution is 2.35. The Morgan fingerprint density at radius 3 is 2.88 bits per heavy atom. The van der Waals surface area contributed by atoms with Gasteiger partial charge in [-0.25, -0.2) is 4.79 Å². The molecule has 0 aromatic heterocycles. The molecular weight excluding hydrogens is 216 g/mol. The molecule has 0 bridgehead atoms. The van der Waals surface area contributed by atoms with Gasteiger partial charge < -0.3 is 24.4 Å². The minimum atomic E-state index is -1.84. The van der Waals surface area contributed by atoms with Gasteiger partial charge in [0.1, 0.15) is 18.8 Å². The van der Waals surface area contributed by atoms with Crippen LogP contribution in [0.4, 0.5) is 0 Å². The zero-order valence-electron chi connectivity index (χ0n) is 8.88. The van der Waals surface area contributed by atoms with Gasteiger partial charge in [0.15, 0.2) is 6.10 Å². The number of aliphatic hydroxyl groups excluding tert-OH is 1. The molecule has 90 valence electrons. The number of fused-ring (bicyclic) bond motifs is 1. The fourth-order valence-corrected chi connectivity index (χ4v) is 1.81. The number of hydrogen-bond acceptors (Lipinski definition) is 6. The summed E-state index contributed by atoms with van der Waals surface area (Å²) in [4.78, 5) is 11.3. The van der Waals surface area contributed by atoms with Gasteiger partial charge in [-0.05, 0) is 6.92 Å². The van der Waals surface area contributed by atoms with Gasteiger partial charge in [0.05, 0.1) is 6.61 Å². The van der Waals surface area contributed by atoms with Crippen molar-refractivity contribution in [3.8, 4) is 0 Å². The number of carbonyl (C=O) groups is 1. The van der Waals surface area contributed by atoms with Crippen LogP contribution in [0.15, 0.2) is 12.2 Å². The van der Waals surface area contributed by atoms with Crippen LogP contribution >= 0.6 is 0 Å². The topological polar surface area (TPSA) is 85.2 Å². The monoisotopic (exact) mass is 230 g/mol. The molecule has 2 rings (SSSR count). The van der Waals surface area contributed by atoms with E-state index in [0.717, 1.165) is 0 Å². The Hall–Kier alpha value is -0.950. The van der Waals surface area contributed by atoms with E-state index in [0.29, 0.717) is 0 Å². The van der Waals surface area contributed by atoms with Gasteiger partial charge >= 0.3 is 5.97 Å². The number of aliphatic hydroxyl groups is 2. The second-order valence-corrected chi connectivity index (χ2v) is 4.11. The average molecular weight is 230 g/mol. The Labute approximate surface area is 92.4 Å².